The number of aromatic nitrogens is 3. The third-order valence-corrected chi connectivity index (χ3v) is 6.71. The number of benzene rings is 2. The lowest BCUT2D eigenvalue weighted by Crippen LogP contribution is -2.15. The minimum absolute atomic E-state index is 0.110. The van der Waals surface area contributed by atoms with Crippen LogP contribution in [0.5, 0.6) is 0 Å². The lowest BCUT2D eigenvalue weighted by Gasteiger charge is -2.11. The fourth-order valence-electron chi connectivity index (χ4n) is 3.67. The van der Waals surface area contributed by atoms with Crippen molar-refractivity contribution in [2.75, 3.05) is 4.72 Å². The average Bonchev–Trinajstić information content (AvgIpc) is 3.27. The van der Waals surface area contributed by atoms with E-state index >= 15 is 0 Å². The highest BCUT2D eigenvalue weighted by Gasteiger charge is 2.20. The number of fused-ring (bicyclic) bond motifs is 1. The molecule has 10 heteroatoms. The molecule has 0 aliphatic carbocycles. The molecule has 0 saturated heterocycles. The van der Waals surface area contributed by atoms with Gasteiger partial charge in [-0.2, -0.15) is 5.26 Å². The summed E-state index contributed by atoms with van der Waals surface area (Å²) in [6.45, 7) is 0. The molecule has 7 nitrogen and oxygen atoms in total. The van der Waals surface area contributed by atoms with Crippen molar-refractivity contribution in [1.29, 1.82) is 5.26 Å². The van der Waals surface area contributed by atoms with Crippen molar-refractivity contribution in [3.8, 4) is 28.5 Å². The van der Waals surface area contributed by atoms with Crippen LogP contribution < -0.4 is 4.72 Å². The van der Waals surface area contributed by atoms with Crippen LogP contribution in [-0.4, -0.2) is 22.8 Å². The third kappa shape index (κ3) is 4.32. The lowest BCUT2D eigenvalue weighted by atomic mass is 10.1. The van der Waals surface area contributed by atoms with E-state index in [0.29, 0.717) is 22.8 Å². The van der Waals surface area contributed by atoms with Crippen LogP contribution in [0.4, 0.5) is 14.5 Å². The highest BCUT2D eigenvalue weighted by molar-refractivity contribution is 7.92. The molecule has 1 N–H and O–H groups in total. The fourth-order valence-corrected chi connectivity index (χ4v) is 4.76. The summed E-state index contributed by atoms with van der Waals surface area (Å²) in [6.07, 6.45) is 6.38. The van der Waals surface area contributed by atoms with Gasteiger partial charge in [0.05, 0.1) is 35.4 Å². The lowest BCUT2D eigenvalue weighted by molar-refractivity contribution is 0.551. The summed E-state index contributed by atoms with van der Waals surface area (Å²) < 4.78 is 56.6. The standard InChI is InChI=1S/C25H15F2N5O2S/c26-20-5-6-24(22(27)10-20)35(33,34)31-21-9-19(12-29-13-21)18-4-7-25-30-14-23(32(25)15-18)17-3-1-2-16(8-17)11-28/h1-10,12-15,31H. The number of rotatable bonds is 5. The molecule has 0 atom stereocenters. The van der Waals surface area contributed by atoms with Crippen molar-refractivity contribution in [2.45, 2.75) is 4.90 Å². The number of sulfonamides is 1. The maximum atomic E-state index is 14.0. The Kier molecular flexibility index (Phi) is 5.47. The predicted octanol–water partition coefficient (Wildman–Crippen LogP) is 5.01. The van der Waals surface area contributed by atoms with E-state index in [0.717, 1.165) is 29.0 Å². The fraction of sp³-hybridized carbons (Fsp3) is 0. The van der Waals surface area contributed by atoms with Crippen LogP contribution in [-0.2, 0) is 10.0 Å². The molecule has 0 fully saturated rings. The number of nitrogens with zero attached hydrogens (tertiary/aromatic N) is 4. The van der Waals surface area contributed by atoms with Crippen LogP contribution >= 0.6 is 0 Å². The smallest absolute Gasteiger partial charge is 0.264 e. The van der Waals surface area contributed by atoms with Crippen molar-refractivity contribution < 1.29 is 17.2 Å². The van der Waals surface area contributed by atoms with Crippen molar-refractivity contribution in [3.63, 3.8) is 0 Å². The van der Waals surface area contributed by atoms with E-state index in [-0.39, 0.29) is 5.69 Å². The molecule has 0 radical (unpaired) electrons. The largest absolute Gasteiger partial charge is 0.299 e. The second-order valence-corrected chi connectivity index (χ2v) is 9.28. The van der Waals surface area contributed by atoms with E-state index in [1.165, 1.54) is 6.20 Å². The third-order valence-electron chi connectivity index (χ3n) is 5.30. The molecule has 5 rings (SSSR count). The molecule has 35 heavy (non-hydrogen) atoms. The van der Waals surface area contributed by atoms with Gasteiger partial charge in [0, 0.05) is 35.2 Å². The van der Waals surface area contributed by atoms with E-state index in [1.807, 2.05) is 22.7 Å². The Hall–Kier alpha value is -4.62. The van der Waals surface area contributed by atoms with Gasteiger partial charge in [-0.15, -0.1) is 0 Å². The quantitative estimate of drug-likeness (QED) is 0.376. The molecule has 0 spiro atoms. The zero-order valence-corrected chi connectivity index (χ0v) is 18.7. The maximum Gasteiger partial charge on any atom is 0.264 e. The molecule has 0 unspecified atom stereocenters. The number of imidazole rings is 1. The Bertz CT molecular complexity index is 1740. The number of halogens is 2. The number of nitrogens with one attached hydrogen (secondary N) is 1. The Morgan fingerprint density at radius 3 is 2.57 bits per heavy atom. The zero-order chi connectivity index (χ0) is 24.6. The second-order valence-electron chi connectivity index (χ2n) is 7.62. The van der Waals surface area contributed by atoms with E-state index in [2.05, 4.69) is 20.8 Å². The first kappa shape index (κ1) is 22.2. The molecule has 5 aromatic rings. The van der Waals surface area contributed by atoms with Gasteiger partial charge in [0.15, 0.2) is 0 Å². The minimum atomic E-state index is -4.31. The van der Waals surface area contributed by atoms with E-state index in [9.17, 15) is 22.5 Å². The maximum absolute atomic E-state index is 14.0. The molecule has 0 amide bonds. The Labute approximate surface area is 199 Å². The van der Waals surface area contributed by atoms with Crippen LogP contribution in [0.25, 0.3) is 28.0 Å². The summed E-state index contributed by atoms with van der Waals surface area (Å²) in [5.41, 5.74) is 4.22. The first-order valence-electron chi connectivity index (χ1n) is 10.2. The first-order chi connectivity index (χ1) is 16.8. The van der Waals surface area contributed by atoms with Crippen LogP contribution in [0.1, 0.15) is 5.56 Å². The van der Waals surface area contributed by atoms with Crippen molar-refractivity contribution in [2.24, 2.45) is 0 Å². The van der Waals surface area contributed by atoms with Gasteiger partial charge in [-0.25, -0.2) is 22.2 Å². The molecular formula is C25H15F2N5O2S. The molecule has 0 bridgehead atoms. The molecular weight excluding hydrogens is 472 g/mol. The molecule has 3 aromatic heterocycles. The molecule has 3 heterocycles. The van der Waals surface area contributed by atoms with E-state index in [4.69, 9.17) is 0 Å². The number of nitriles is 1. The predicted molar refractivity (Wildman–Crippen MR) is 126 cm³/mol. The molecule has 0 aliphatic rings. The summed E-state index contributed by atoms with van der Waals surface area (Å²) >= 11 is 0. The van der Waals surface area contributed by atoms with Gasteiger partial charge in [-0.3, -0.25) is 14.1 Å². The molecule has 2 aromatic carbocycles. The highest BCUT2D eigenvalue weighted by atomic mass is 32.2. The summed E-state index contributed by atoms with van der Waals surface area (Å²) in [4.78, 5) is 7.84. The monoisotopic (exact) mass is 487 g/mol. The van der Waals surface area contributed by atoms with Gasteiger partial charge in [0.1, 0.15) is 22.2 Å². The van der Waals surface area contributed by atoms with Crippen LogP contribution in [0, 0.1) is 23.0 Å². The van der Waals surface area contributed by atoms with E-state index < -0.39 is 26.6 Å². The number of hydrogen-bond donors (Lipinski definition) is 1. The topological polar surface area (TPSA) is 100 Å². The average molecular weight is 487 g/mol. The normalized spacial score (nSPS) is 11.3. The first-order valence-corrected chi connectivity index (χ1v) is 11.7. The number of pyridine rings is 2. The van der Waals surface area contributed by atoms with Gasteiger partial charge >= 0.3 is 0 Å². The Morgan fingerprint density at radius 1 is 0.914 bits per heavy atom. The second kappa shape index (κ2) is 8.62. The summed E-state index contributed by atoms with van der Waals surface area (Å²) in [5, 5.41) is 9.21. The number of anilines is 1. The van der Waals surface area contributed by atoms with Gasteiger partial charge in [-0.05, 0) is 42.5 Å². The van der Waals surface area contributed by atoms with Crippen LogP contribution in [0.15, 0.2) is 90.3 Å². The van der Waals surface area contributed by atoms with Gasteiger partial charge < -0.3 is 0 Å². The Balaban J connectivity index is 1.51. The summed E-state index contributed by atoms with van der Waals surface area (Å²) in [6, 6.07) is 16.7. The summed E-state index contributed by atoms with van der Waals surface area (Å²) in [7, 11) is -4.31. The SMILES string of the molecule is N#Cc1cccc(-c2cnc3ccc(-c4cncc(NS(=O)(=O)c5ccc(F)cc5F)c4)cn23)c1. The van der Waals surface area contributed by atoms with Crippen molar-refractivity contribution >= 4 is 21.4 Å². The molecule has 0 aliphatic heterocycles. The highest BCUT2D eigenvalue weighted by Crippen LogP contribution is 2.27. The van der Waals surface area contributed by atoms with Crippen LogP contribution in [0.3, 0.4) is 0 Å². The van der Waals surface area contributed by atoms with Gasteiger partial charge in [0.2, 0.25) is 0 Å². The Morgan fingerprint density at radius 2 is 1.77 bits per heavy atom. The zero-order valence-electron chi connectivity index (χ0n) is 17.9. The van der Waals surface area contributed by atoms with Crippen LogP contribution in [0.2, 0.25) is 0 Å². The van der Waals surface area contributed by atoms with Crippen molar-refractivity contribution in [1.82, 2.24) is 14.4 Å². The van der Waals surface area contributed by atoms with Crippen molar-refractivity contribution in [3.05, 3.63) is 103 Å². The van der Waals surface area contributed by atoms with Gasteiger partial charge in [-0.1, -0.05) is 12.1 Å². The minimum Gasteiger partial charge on any atom is -0.299 e. The van der Waals surface area contributed by atoms with Gasteiger partial charge in [0.25, 0.3) is 10.0 Å². The number of hydrogen-bond acceptors (Lipinski definition) is 5. The summed E-state index contributed by atoms with van der Waals surface area (Å²) in [5.74, 6) is -2.07. The molecule has 0 saturated carbocycles. The molecule has 172 valence electrons. The van der Waals surface area contributed by atoms with E-state index in [1.54, 1.807) is 42.7 Å².